The van der Waals surface area contributed by atoms with Crippen LogP contribution in [0.15, 0.2) is 67.8 Å². The Morgan fingerprint density at radius 2 is 1.83 bits per heavy atom. The highest BCUT2D eigenvalue weighted by atomic mass is 16.2. The monoisotopic (exact) mass is 324 g/mol. The first kappa shape index (κ1) is 17.7. The van der Waals surface area contributed by atoms with Crippen molar-refractivity contribution in [3.05, 3.63) is 73.4 Å². The van der Waals surface area contributed by atoms with Crippen molar-refractivity contribution in [1.29, 1.82) is 0 Å². The molecule has 1 aromatic carbocycles. The van der Waals surface area contributed by atoms with Gasteiger partial charge >= 0.3 is 6.03 Å². The highest BCUT2D eigenvalue weighted by molar-refractivity contribution is 6.07. The van der Waals surface area contributed by atoms with Crippen molar-refractivity contribution >= 4 is 11.9 Å². The summed E-state index contributed by atoms with van der Waals surface area (Å²) in [6, 6.07) is 9.23. The summed E-state index contributed by atoms with van der Waals surface area (Å²) in [5.41, 5.74) is 0.823. The van der Waals surface area contributed by atoms with Crippen LogP contribution < -0.4 is 0 Å². The molecule has 1 unspecified atom stereocenters. The predicted octanol–water partition coefficient (Wildman–Crippen LogP) is 3.92. The molecule has 0 spiro atoms. The molecular weight excluding hydrogens is 300 g/mol. The van der Waals surface area contributed by atoms with Crippen LogP contribution in [0.25, 0.3) is 0 Å². The molecule has 1 fully saturated rings. The number of nitrogens with zero attached hydrogens (tertiary/aromatic N) is 2. The van der Waals surface area contributed by atoms with Crippen LogP contribution >= 0.6 is 0 Å². The molecule has 1 saturated heterocycles. The summed E-state index contributed by atoms with van der Waals surface area (Å²) in [6.45, 7) is 13.9. The molecule has 4 nitrogen and oxygen atoms in total. The van der Waals surface area contributed by atoms with E-state index >= 15 is 0 Å². The zero-order valence-corrected chi connectivity index (χ0v) is 14.2. The van der Waals surface area contributed by atoms with Crippen LogP contribution in [0.4, 0.5) is 4.79 Å². The number of carbonyl (C=O) groups excluding carboxylic acids is 2. The van der Waals surface area contributed by atoms with Gasteiger partial charge in [0, 0.05) is 13.0 Å². The lowest BCUT2D eigenvalue weighted by Crippen LogP contribution is -2.49. The standard InChI is InChI=1S/C20H24N2O2/c1-5-12-20(14-16(3)4)18(23)21(19(24)22(20)13-6-2)15-17-10-8-7-9-11-17/h5-11H,1-3,12-15H2,4H3. The second-order valence-corrected chi connectivity index (χ2v) is 6.22. The molecule has 0 N–H and O–H groups in total. The van der Waals surface area contributed by atoms with E-state index in [0.717, 1.165) is 11.1 Å². The maximum atomic E-state index is 13.2. The number of benzene rings is 1. The molecule has 1 aromatic rings. The third kappa shape index (κ3) is 3.18. The fourth-order valence-corrected chi connectivity index (χ4v) is 3.25. The molecule has 1 aliphatic rings. The maximum Gasteiger partial charge on any atom is 0.328 e. The third-order valence-electron chi connectivity index (χ3n) is 4.19. The van der Waals surface area contributed by atoms with E-state index in [4.69, 9.17) is 0 Å². The molecule has 4 heteroatoms. The number of imide groups is 1. The highest BCUT2D eigenvalue weighted by Crippen LogP contribution is 2.37. The third-order valence-corrected chi connectivity index (χ3v) is 4.19. The van der Waals surface area contributed by atoms with E-state index in [9.17, 15) is 9.59 Å². The lowest BCUT2D eigenvalue weighted by Gasteiger charge is -2.34. The van der Waals surface area contributed by atoms with Gasteiger partial charge < -0.3 is 4.90 Å². The molecular formula is C20H24N2O2. The van der Waals surface area contributed by atoms with Gasteiger partial charge in [-0.1, -0.05) is 48.1 Å². The lowest BCUT2D eigenvalue weighted by molar-refractivity contribution is -0.133. The van der Waals surface area contributed by atoms with E-state index in [0.29, 0.717) is 19.4 Å². The molecule has 0 aromatic heterocycles. The Hall–Kier alpha value is -2.62. The molecule has 24 heavy (non-hydrogen) atoms. The van der Waals surface area contributed by atoms with Crippen LogP contribution in [-0.2, 0) is 11.3 Å². The molecule has 2 rings (SSSR count). The lowest BCUT2D eigenvalue weighted by atomic mass is 9.86. The minimum atomic E-state index is -0.951. The topological polar surface area (TPSA) is 40.6 Å². The molecule has 0 aliphatic carbocycles. The fourth-order valence-electron chi connectivity index (χ4n) is 3.25. The van der Waals surface area contributed by atoms with Gasteiger partial charge in [0.2, 0.25) is 0 Å². The van der Waals surface area contributed by atoms with Gasteiger partial charge in [-0.2, -0.15) is 0 Å². The number of urea groups is 1. The van der Waals surface area contributed by atoms with Gasteiger partial charge in [0.25, 0.3) is 5.91 Å². The molecule has 0 radical (unpaired) electrons. The molecule has 0 bridgehead atoms. The first-order valence-corrected chi connectivity index (χ1v) is 8.00. The summed E-state index contributed by atoms with van der Waals surface area (Å²) < 4.78 is 0. The van der Waals surface area contributed by atoms with Crippen molar-refractivity contribution in [3.8, 4) is 0 Å². The van der Waals surface area contributed by atoms with Gasteiger partial charge in [-0.25, -0.2) is 4.79 Å². The Morgan fingerprint density at radius 1 is 1.17 bits per heavy atom. The normalized spacial score (nSPS) is 20.4. The van der Waals surface area contributed by atoms with Crippen molar-refractivity contribution in [1.82, 2.24) is 9.80 Å². The van der Waals surface area contributed by atoms with E-state index in [-0.39, 0.29) is 18.5 Å². The van der Waals surface area contributed by atoms with Crippen molar-refractivity contribution in [2.75, 3.05) is 6.54 Å². The van der Waals surface area contributed by atoms with Crippen LogP contribution in [0.2, 0.25) is 0 Å². The number of carbonyl (C=O) groups is 2. The average Bonchev–Trinajstić information content (AvgIpc) is 2.72. The van der Waals surface area contributed by atoms with Crippen LogP contribution in [0.5, 0.6) is 0 Å². The molecule has 126 valence electrons. The molecule has 1 atom stereocenters. The number of hydrogen-bond donors (Lipinski definition) is 0. The largest absolute Gasteiger partial charge is 0.328 e. The number of hydrogen-bond acceptors (Lipinski definition) is 2. The minimum absolute atomic E-state index is 0.193. The SMILES string of the molecule is C=CCN1C(=O)N(Cc2ccccc2)C(=O)C1(CC=C)CC(=C)C. The van der Waals surface area contributed by atoms with Gasteiger partial charge in [-0.15, -0.1) is 19.7 Å². The Morgan fingerprint density at radius 3 is 2.38 bits per heavy atom. The Bertz CT molecular complexity index is 665. The van der Waals surface area contributed by atoms with Crippen LogP contribution in [0.1, 0.15) is 25.3 Å². The molecule has 1 aliphatic heterocycles. The predicted molar refractivity (Wildman–Crippen MR) is 96.3 cm³/mol. The van der Waals surface area contributed by atoms with Crippen LogP contribution in [0.3, 0.4) is 0 Å². The summed E-state index contributed by atoms with van der Waals surface area (Å²) in [4.78, 5) is 29.0. The van der Waals surface area contributed by atoms with Crippen molar-refractivity contribution in [2.24, 2.45) is 0 Å². The smallest absolute Gasteiger partial charge is 0.305 e. The first-order chi connectivity index (χ1) is 11.5. The van der Waals surface area contributed by atoms with Crippen molar-refractivity contribution in [2.45, 2.75) is 31.8 Å². The zero-order chi connectivity index (χ0) is 17.7. The molecule has 1 heterocycles. The van der Waals surface area contributed by atoms with E-state index < -0.39 is 5.54 Å². The fraction of sp³-hybridized carbons (Fsp3) is 0.300. The second kappa shape index (κ2) is 7.30. The first-order valence-electron chi connectivity index (χ1n) is 8.00. The second-order valence-electron chi connectivity index (χ2n) is 6.22. The summed E-state index contributed by atoms with van der Waals surface area (Å²) in [5.74, 6) is -0.193. The molecule has 3 amide bonds. The van der Waals surface area contributed by atoms with Crippen molar-refractivity contribution in [3.63, 3.8) is 0 Å². The number of rotatable bonds is 8. The average molecular weight is 324 g/mol. The zero-order valence-electron chi connectivity index (χ0n) is 14.2. The quantitative estimate of drug-likeness (QED) is 0.537. The van der Waals surface area contributed by atoms with E-state index in [1.165, 1.54) is 4.90 Å². The van der Waals surface area contributed by atoms with Gasteiger partial charge in [-0.05, 0) is 18.9 Å². The summed E-state index contributed by atoms with van der Waals surface area (Å²) in [7, 11) is 0. The highest BCUT2D eigenvalue weighted by Gasteiger charge is 2.55. The summed E-state index contributed by atoms with van der Waals surface area (Å²) in [6.07, 6.45) is 4.15. The van der Waals surface area contributed by atoms with Crippen LogP contribution in [0, 0.1) is 0 Å². The van der Waals surface area contributed by atoms with Gasteiger partial charge in [0.05, 0.1) is 6.54 Å². The van der Waals surface area contributed by atoms with E-state index in [2.05, 4.69) is 19.7 Å². The van der Waals surface area contributed by atoms with E-state index in [1.807, 2.05) is 37.3 Å². The van der Waals surface area contributed by atoms with Crippen LogP contribution in [-0.4, -0.2) is 33.8 Å². The minimum Gasteiger partial charge on any atom is -0.305 e. The Balaban J connectivity index is 2.43. The maximum absolute atomic E-state index is 13.2. The summed E-state index contributed by atoms with van der Waals surface area (Å²) in [5, 5.41) is 0. The van der Waals surface area contributed by atoms with E-state index in [1.54, 1.807) is 17.1 Å². The Labute approximate surface area is 143 Å². The summed E-state index contributed by atoms with van der Waals surface area (Å²) >= 11 is 0. The van der Waals surface area contributed by atoms with Gasteiger partial charge in [0.1, 0.15) is 5.54 Å². The van der Waals surface area contributed by atoms with Gasteiger partial charge in [-0.3, -0.25) is 9.69 Å². The van der Waals surface area contributed by atoms with Gasteiger partial charge in [0.15, 0.2) is 0 Å². The Kier molecular flexibility index (Phi) is 5.39. The van der Waals surface area contributed by atoms with Crippen molar-refractivity contribution < 1.29 is 9.59 Å². The molecule has 0 saturated carbocycles. The number of amides is 3.